The number of amides is 1. The number of halogens is 3. The second-order valence-corrected chi connectivity index (χ2v) is 6.64. The number of rotatable bonds is 4. The summed E-state index contributed by atoms with van der Waals surface area (Å²) < 4.78 is 43.0. The molecule has 148 valence electrons. The van der Waals surface area contributed by atoms with Gasteiger partial charge in [-0.15, -0.1) is 0 Å². The van der Waals surface area contributed by atoms with E-state index >= 15 is 0 Å². The van der Waals surface area contributed by atoms with Crippen molar-refractivity contribution in [2.24, 2.45) is 11.8 Å². The zero-order valence-corrected chi connectivity index (χ0v) is 14.8. The van der Waals surface area contributed by atoms with Crippen LogP contribution >= 0.6 is 0 Å². The Morgan fingerprint density at radius 3 is 2.32 bits per heavy atom. The number of likely N-dealkylation sites (tertiary alicyclic amines) is 1. The number of benzene rings is 1. The maximum atomic E-state index is 12.5. The molecule has 1 fully saturated rings. The van der Waals surface area contributed by atoms with Crippen LogP contribution in [0.25, 0.3) is 0 Å². The van der Waals surface area contributed by atoms with Gasteiger partial charge in [0.25, 0.3) is 5.91 Å². The van der Waals surface area contributed by atoms with E-state index in [1.807, 2.05) is 0 Å². The molecule has 0 saturated carbocycles. The number of carbonyl (C=O) groups is 2. The third kappa shape index (κ3) is 4.24. The molecular formula is C19H17F3N2O4. The van der Waals surface area contributed by atoms with Crippen LogP contribution in [0.4, 0.5) is 13.2 Å². The third-order valence-electron chi connectivity index (χ3n) is 4.60. The van der Waals surface area contributed by atoms with Gasteiger partial charge < -0.3 is 14.7 Å². The molecule has 2 aromatic rings. The Kier molecular flexibility index (Phi) is 5.26. The first kappa shape index (κ1) is 19.7. The Balaban J connectivity index is 1.65. The molecule has 9 heteroatoms. The largest absolute Gasteiger partial charge is 0.481 e. The Morgan fingerprint density at radius 1 is 1.14 bits per heavy atom. The van der Waals surface area contributed by atoms with Gasteiger partial charge in [-0.3, -0.25) is 9.59 Å². The summed E-state index contributed by atoms with van der Waals surface area (Å²) in [6.45, 7) is 2.31. The lowest BCUT2D eigenvalue weighted by Crippen LogP contribution is -2.29. The Morgan fingerprint density at radius 2 is 1.82 bits per heavy atom. The number of pyridine rings is 1. The second kappa shape index (κ2) is 7.49. The zero-order chi connectivity index (χ0) is 20.5. The van der Waals surface area contributed by atoms with Gasteiger partial charge in [-0.25, -0.2) is 4.98 Å². The first-order valence-electron chi connectivity index (χ1n) is 8.48. The average Bonchev–Trinajstić information content (AvgIpc) is 3.03. The van der Waals surface area contributed by atoms with Crippen LogP contribution in [0, 0.1) is 11.8 Å². The smallest absolute Gasteiger partial charge is 0.417 e. The molecule has 0 spiro atoms. The molecule has 2 heterocycles. The lowest BCUT2D eigenvalue weighted by atomic mass is 9.99. The van der Waals surface area contributed by atoms with E-state index in [-0.39, 0.29) is 24.2 Å². The average molecular weight is 394 g/mol. The lowest BCUT2D eigenvalue weighted by Gasteiger charge is -2.16. The molecule has 1 saturated heterocycles. The van der Waals surface area contributed by atoms with Gasteiger partial charge in [0.15, 0.2) is 0 Å². The highest BCUT2D eigenvalue weighted by Gasteiger charge is 2.37. The Hall–Kier alpha value is -3.10. The van der Waals surface area contributed by atoms with E-state index in [2.05, 4.69) is 4.98 Å². The third-order valence-corrected chi connectivity index (χ3v) is 4.60. The number of hydrogen-bond acceptors (Lipinski definition) is 4. The summed E-state index contributed by atoms with van der Waals surface area (Å²) in [7, 11) is 0. The number of carboxylic acids is 1. The number of carbonyl (C=O) groups excluding carboxylic acids is 1. The lowest BCUT2D eigenvalue weighted by molar-refractivity contribution is -0.142. The monoisotopic (exact) mass is 394 g/mol. The molecule has 3 rings (SSSR count). The molecule has 0 unspecified atom stereocenters. The highest BCUT2D eigenvalue weighted by molar-refractivity contribution is 5.95. The molecule has 1 aliphatic rings. The fourth-order valence-corrected chi connectivity index (χ4v) is 3.03. The van der Waals surface area contributed by atoms with Gasteiger partial charge in [-0.2, -0.15) is 13.2 Å². The van der Waals surface area contributed by atoms with E-state index in [4.69, 9.17) is 9.84 Å². The predicted molar refractivity (Wildman–Crippen MR) is 91.9 cm³/mol. The molecule has 1 amide bonds. The van der Waals surface area contributed by atoms with Crippen molar-refractivity contribution >= 4 is 11.9 Å². The van der Waals surface area contributed by atoms with Gasteiger partial charge in [-0.05, 0) is 36.2 Å². The van der Waals surface area contributed by atoms with Crippen LogP contribution in [0.15, 0.2) is 42.6 Å². The van der Waals surface area contributed by atoms with Crippen molar-refractivity contribution in [2.45, 2.75) is 13.1 Å². The van der Waals surface area contributed by atoms with E-state index in [0.717, 1.165) is 12.1 Å². The molecule has 1 aliphatic heterocycles. The maximum absolute atomic E-state index is 12.5. The number of nitrogens with zero attached hydrogens (tertiary/aromatic N) is 2. The molecule has 0 aliphatic carbocycles. The molecule has 0 bridgehead atoms. The van der Waals surface area contributed by atoms with Crippen molar-refractivity contribution in [3.8, 4) is 11.6 Å². The predicted octanol–water partition coefficient (Wildman–Crippen LogP) is 3.69. The Labute approximate surface area is 158 Å². The fourth-order valence-electron chi connectivity index (χ4n) is 3.03. The van der Waals surface area contributed by atoms with Gasteiger partial charge in [-0.1, -0.05) is 6.92 Å². The van der Waals surface area contributed by atoms with Crippen LogP contribution in [0.1, 0.15) is 22.8 Å². The molecule has 6 nitrogen and oxygen atoms in total. The minimum absolute atomic E-state index is 0.00950. The molecule has 0 radical (unpaired) electrons. The number of ether oxygens (including phenoxy) is 1. The minimum atomic E-state index is -4.47. The number of aliphatic carboxylic acids is 1. The van der Waals surface area contributed by atoms with Crippen molar-refractivity contribution in [1.29, 1.82) is 0 Å². The summed E-state index contributed by atoms with van der Waals surface area (Å²) in [6, 6.07) is 8.01. The topological polar surface area (TPSA) is 79.7 Å². The van der Waals surface area contributed by atoms with Gasteiger partial charge in [0.05, 0.1) is 11.5 Å². The first-order chi connectivity index (χ1) is 13.1. The number of aromatic nitrogens is 1. The van der Waals surface area contributed by atoms with Gasteiger partial charge >= 0.3 is 12.1 Å². The highest BCUT2D eigenvalue weighted by atomic mass is 19.4. The number of carboxylic acid groups (broad SMARTS) is 1. The molecule has 1 aromatic heterocycles. The van der Waals surface area contributed by atoms with Crippen LogP contribution < -0.4 is 4.74 Å². The van der Waals surface area contributed by atoms with Crippen molar-refractivity contribution < 1.29 is 32.6 Å². The van der Waals surface area contributed by atoms with Crippen molar-refractivity contribution in [3.63, 3.8) is 0 Å². The molecule has 1 N–H and O–H groups in total. The highest BCUT2D eigenvalue weighted by Crippen LogP contribution is 2.30. The van der Waals surface area contributed by atoms with Crippen molar-refractivity contribution in [2.75, 3.05) is 13.1 Å². The van der Waals surface area contributed by atoms with Crippen molar-refractivity contribution in [1.82, 2.24) is 9.88 Å². The molecule has 28 heavy (non-hydrogen) atoms. The quantitative estimate of drug-likeness (QED) is 0.856. The number of alkyl halides is 3. The van der Waals surface area contributed by atoms with E-state index in [0.29, 0.717) is 24.1 Å². The van der Waals surface area contributed by atoms with E-state index in [1.54, 1.807) is 6.92 Å². The summed E-state index contributed by atoms with van der Waals surface area (Å²) in [5, 5.41) is 9.17. The summed E-state index contributed by atoms with van der Waals surface area (Å²) in [5.41, 5.74) is -0.508. The standard InChI is InChI=1S/C19H17F3N2O4/c1-11-9-24(10-15(11)18(26)27)17(25)12-2-5-14(6-3-12)28-16-7-4-13(8-23-16)19(20,21)22/h2-8,11,15H,9-10H2,1H3,(H,26,27)/t11-,15-/m1/s1. The van der Waals surface area contributed by atoms with E-state index < -0.39 is 23.6 Å². The van der Waals surface area contributed by atoms with Crippen LogP contribution in [0.2, 0.25) is 0 Å². The van der Waals surface area contributed by atoms with Crippen LogP contribution in [-0.4, -0.2) is 40.0 Å². The first-order valence-corrected chi connectivity index (χ1v) is 8.48. The minimum Gasteiger partial charge on any atom is -0.481 e. The van der Waals surface area contributed by atoms with Crippen LogP contribution in [0.3, 0.4) is 0 Å². The normalized spacial score (nSPS) is 19.5. The molecular weight excluding hydrogens is 377 g/mol. The van der Waals surface area contributed by atoms with Crippen LogP contribution in [0.5, 0.6) is 11.6 Å². The summed E-state index contributed by atoms with van der Waals surface area (Å²) in [4.78, 5) is 28.8. The second-order valence-electron chi connectivity index (χ2n) is 6.64. The summed E-state index contributed by atoms with van der Waals surface area (Å²) in [6.07, 6.45) is -3.79. The van der Waals surface area contributed by atoms with Gasteiger partial charge in [0.2, 0.25) is 5.88 Å². The summed E-state index contributed by atoms with van der Waals surface area (Å²) >= 11 is 0. The van der Waals surface area contributed by atoms with Crippen molar-refractivity contribution in [3.05, 3.63) is 53.7 Å². The molecule has 1 aromatic carbocycles. The van der Waals surface area contributed by atoms with Crippen LogP contribution in [-0.2, 0) is 11.0 Å². The van der Waals surface area contributed by atoms with Gasteiger partial charge in [0.1, 0.15) is 5.75 Å². The molecule has 2 atom stereocenters. The zero-order valence-electron chi connectivity index (χ0n) is 14.8. The maximum Gasteiger partial charge on any atom is 0.417 e. The van der Waals surface area contributed by atoms with E-state index in [1.165, 1.54) is 29.2 Å². The number of hydrogen-bond donors (Lipinski definition) is 1. The van der Waals surface area contributed by atoms with Gasteiger partial charge in [0, 0.05) is 30.9 Å². The van der Waals surface area contributed by atoms with E-state index in [9.17, 15) is 22.8 Å². The summed E-state index contributed by atoms with van der Waals surface area (Å²) in [5.74, 6) is -1.62. The fraction of sp³-hybridized carbons (Fsp3) is 0.316. The Bertz CT molecular complexity index is 866. The SMILES string of the molecule is C[C@@H]1CN(C(=O)c2ccc(Oc3ccc(C(F)(F)F)cn3)cc2)C[C@H]1C(=O)O.